The fraction of sp³-hybridized carbons (Fsp3) is 0.593. The van der Waals surface area contributed by atoms with E-state index in [0.717, 1.165) is 69.9 Å². The highest BCUT2D eigenvalue weighted by molar-refractivity contribution is 5.94. The molecule has 5 rings (SSSR count). The van der Waals surface area contributed by atoms with Crippen molar-refractivity contribution in [3.63, 3.8) is 0 Å². The van der Waals surface area contributed by atoms with Crippen LogP contribution in [0.25, 0.3) is 0 Å². The first kappa shape index (κ1) is 24.2. The van der Waals surface area contributed by atoms with Gasteiger partial charge >= 0.3 is 0 Å². The predicted molar refractivity (Wildman–Crippen MR) is 135 cm³/mol. The van der Waals surface area contributed by atoms with Gasteiger partial charge in [-0.2, -0.15) is 0 Å². The van der Waals surface area contributed by atoms with Crippen LogP contribution in [0.4, 0.5) is 5.82 Å². The molecule has 8 nitrogen and oxygen atoms in total. The van der Waals surface area contributed by atoms with E-state index in [4.69, 9.17) is 9.47 Å². The van der Waals surface area contributed by atoms with Crippen molar-refractivity contribution in [2.75, 3.05) is 44.9 Å². The fourth-order valence-corrected chi connectivity index (χ4v) is 5.68. The number of fused-ring (bicyclic) bond motifs is 1. The lowest BCUT2D eigenvalue weighted by Crippen LogP contribution is -2.54. The highest BCUT2D eigenvalue weighted by Crippen LogP contribution is 2.28. The van der Waals surface area contributed by atoms with E-state index in [1.54, 1.807) is 13.4 Å². The smallest absolute Gasteiger partial charge is 0.272 e. The highest BCUT2D eigenvalue weighted by atomic mass is 16.5. The maximum absolute atomic E-state index is 13.5. The molecule has 2 fully saturated rings. The molecule has 2 saturated heterocycles. The number of rotatable bonds is 5. The number of aryl methyl sites for hydroxylation is 1. The van der Waals surface area contributed by atoms with E-state index < -0.39 is 0 Å². The Hall–Kier alpha value is -2.55. The van der Waals surface area contributed by atoms with Crippen molar-refractivity contribution in [2.45, 2.75) is 64.3 Å². The SMILES string of the molecule is COC1COCC[C@@H]1NC1CCN(C(=O)c2ncnc(N3CCc4ccc(C)cc4C3)c2C)CC1. The van der Waals surface area contributed by atoms with Crippen molar-refractivity contribution in [3.05, 3.63) is 52.5 Å². The third kappa shape index (κ3) is 5.20. The number of hydrogen-bond acceptors (Lipinski definition) is 7. The van der Waals surface area contributed by atoms with Gasteiger partial charge in [0.25, 0.3) is 5.91 Å². The van der Waals surface area contributed by atoms with E-state index in [0.29, 0.717) is 24.4 Å². The van der Waals surface area contributed by atoms with Gasteiger partial charge < -0.3 is 24.6 Å². The van der Waals surface area contributed by atoms with E-state index in [1.165, 1.54) is 16.7 Å². The molecule has 8 heteroatoms. The number of carbonyl (C=O) groups excluding carboxylic acids is 1. The number of piperidine rings is 1. The molecule has 4 heterocycles. The van der Waals surface area contributed by atoms with Crippen LogP contribution in [-0.2, 0) is 22.4 Å². The van der Waals surface area contributed by atoms with Crippen LogP contribution < -0.4 is 10.2 Å². The number of nitrogens with zero attached hydrogens (tertiary/aromatic N) is 4. The van der Waals surface area contributed by atoms with Gasteiger partial charge in [0.2, 0.25) is 0 Å². The van der Waals surface area contributed by atoms with E-state index in [1.807, 2.05) is 11.8 Å². The van der Waals surface area contributed by atoms with E-state index >= 15 is 0 Å². The van der Waals surface area contributed by atoms with Crippen molar-refractivity contribution in [1.29, 1.82) is 0 Å². The number of hydrogen-bond donors (Lipinski definition) is 1. The lowest BCUT2D eigenvalue weighted by Gasteiger charge is -2.38. The summed E-state index contributed by atoms with van der Waals surface area (Å²) in [6.07, 6.45) is 5.45. The summed E-state index contributed by atoms with van der Waals surface area (Å²) in [5.41, 5.74) is 5.42. The highest BCUT2D eigenvalue weighted by Gasteiger charge is 2.31. The molecule has 3 aliphatic rings. The van der Waals surface area contributed by atoms with Gasteiger partial charge in [-0.15, -0.1) is 0 Å². The molecular weight excluding hydrogens is 442 g/mol. The summed E-state index contributed by atoms with van der Waals surface area (Å²) in [4.78, 5) is 26.7. The topological polar surface area (TPSA) is 79.8 Å². The summed E-state index contributed by atoms with van der Waals surface area (Å²) in [6.45, 7) is 8.69. The molecule has 1 unspecified atom stereocenters. The summed E-state index contributed by atoms with van der Waals surface area (Å²) < 4.78 is 11.1. The molecular formula is C27H37N5O3. The third-order valence-electron chi connectivity index (χ3n) is 7.77. The van der Waals surface area contributed by atoms with Crippen molar-refractivity contribution in [3.8, 4) is 0 Å². The monoisotopic (exact) mass is 479 g/mol. The molecule has 2 aromatic rings. The summed E-state index contributed by atoms with van der Waals surface area (Å²) in [7, 11) is 1.75. The number of carbonyl (C=O) groups is 1. The minimum Gasteiger partial charge on any atom is -0.379 e. The molecule has 0 radical (unpaired) electrons. The van der Waals surface area contributed by atoms with Crippen LogP contribution in [0.1, 0.15) is 52.0 Å². The molecule has 1 aromatic heterocycles. The number of amides is 1. The zero-order valence-electron chi connectivity index (χ0n) is 21.1. The second kappa shape index (κ2) is 10.6. The summed E-state index contributed by atoms with van der Waals surface area (Å²) in [6, 6.07) is 7.38. The Bertz CT molecular complexity index is 1050. The average Bonchev–Trinajstić information content (AvgIpc) is 2.89. The van der Waals surface area contributed by atoms with Crippen LogP contribution in [0.5, 0.6) is 0 Å². The Morgan fingerprint density at radius 3 is 2.74 bits per heavy atom. The Kier molecular flexibility index (Phi) is 7.32. The Labute approximate surface area is 208 Å². The minimum absolute atomic E-state index is 0.0127. The van der Waals surface area contributed by atoms with E-state index in [-0.39, 0.29) is 12.0 Å². The van der Waals surface area contributed by atoms with Gasteiger partial charge in [-0.3, -0.25) is 4.79 Å². The molecule has 0 spiro atoms. The average molecular weight is 480 g/mol. The Balaban J connectivity index is 1.23. The molecule has 0 aliphatic carbocycles. The van der Waals surface area contributed by atoms with Gasteiger partial charge in [0.15, 0.2) is 0 Å². The van der Waals surface area contributed by atoms with Gasteiger partial charge in [-0.25, -0.2) is 9.97 Å². The van der Waals surface area contributed by atoms with Crippen LogP contribution in [0.2, 0.25) is 0 Å². The van der Waals surface area contributed by atoms with Crippen molar-refractivity contribution < 1.29 is 14.3 Å². The van der Waals surface area contributed by atoms with Gasteiger partial charge in [0, 0.05) is 57.5 Å². The Morgan fingerprint density at radius 2 is 1.94 bits per heavy atom. The normalized spacial score (nSPS) is 23.3. The maximum Gasteiger partial charge on any atom is 0.272 e. The fourth-order valence-electron chi connectivity index (χ4n) is 5.68. The molecule has 1 N–H and O–H groups in total. The number of likely N-dealkylation sites (tertiary alicyclic amines) is 1. The molecule has 3 aliphatic heterocycles. The van der Waals surface area contributed by atoms with Gasteiger partial charge in [0.05, 0.1) is 12.7 Å². The van der Waals surface area contributed by atoms with E-state index in [2.05, 4.69) is 45.3 Å². The number of ether oxygens (including phenoxy) is 2. The summed E-state index contributed by atoms with van der Waals surface area (Å²) in [5.74, 6) is 0.885. The molecule has 1 aromatic carbocycles. The second-order valence-electron chi connectivity index (χ2n) is 10.1. The van der Waals surface area contributed by atoms with Gasteiger partial charge in [-0.1, -0.05) is 23.8 Å². The zero-order chi connectivity index (χ0) is 24.4. The van der Waals surface area contributed by atoms with Crippen LogP contribution in [0.3, 0.4) is 0 Å². The lowest BCUT2D eigenvalue weighted by atomic mass is 9.97. The number of aromatic nitrogens is 2. The van der Waals surface area contributed by atoms with Crippen LogP contribution in [-0.4, -0.2) is 78.9 Å². The molecule has 2 atom stereocenters. The molecule has 35 heavy (non-hydrogen) atoms. The van der Waals surface area contributed by atoms with Gasteiger partial charge in [-0.05, 0) is 50.7 Å². The number of nitrogens with one attached hydrogen (secondary N) is 1. The first-order valence-corrected chi connectivity index (χ1v) is 12.8. The number of methoxy groups -OCH3 is 1. The minimum atomic E-state index is 0.0127. The largest absolute Gasteiger partial charge is 0.379 e. The third-order valence-corrected chi connectivity index (χ3v) is 7.77. The van der Waals surface area contributed by atoms with Crippen molar-refractivity contribution in [2.24, 2.45) is 0 Å². The maximum atomic E-state index is 13.5. The van der Waals surface area contributed by atoms with E-state index in [9.17, 15) is 4.79 Å². The standard InChI is InChI=1S/C27H37N5O3/c1-18-4-5-20-6-10-32(15-21(20)14-18)26-19(2)25(28-17-29-26)27(33)31-11-7-22(8-12-31)30-23-9-13-35-16-24(23)34-3/h4-5,14,17,22-24,30H,6-13,15-16H2,1-3H3/t23-,24?/m0/s1. The zero-order valence-corrected chi connectivity index (χ0v) is 21.1. The van der Waals surface area contributed by atoms with Crippen molar-refractivity contribution in [1.82, 2.24) is 20.2 Å². The van der Waals surface area contributed by atoms with Crippen LogP contribution in [0.15, 0.2) is 24.5 Å². The summed E-state index contributed by atoms with van der Waals surface area (Å²) >= 11 is 0. The molecule has 0 bridgehead atoms. The van der Waals surface area contributed by atoms with Crippen molar-refractivity contribution >= 4 is 11.7 Å². The molecule has 0 saturated carbocycles. The first-order chi connectivity index (χ1) is 17.0. The predicted octanol–water partition coefficient (Wildman–Crippen LogP) is 2.65. The van der Waals surface area contributed by atoms with Crippen LogP contribution >= 0.6 is 0 Å². The first-order valence-electron chi connectivity index (χ1n) is 12.8. The lowest BCUT2D eigenvalue weighted by molar-refractivity contribution is -0.0533. The second-order valence-corrected chi connectivity index (χ2v) is 10.1. The Morgan fingerprint density at radius 1 is 1.11 bits per heavy atom. The number of anilines is 1. The number of benzene rings is 1. The summed E-state index contributed by atoms with van der Waals surface area (Å²) in [5, 5.41) is 3.76. The van der Waals surface area contributed by atoms with Crippen LogP contribution in [0, 0.1) is 13.8 Å². The quantitative estimate of drug-likeness (QED) is 0.706. The van der Waals surface area contributed by atoms with Gasteiger partial charge in [0.1, 0.15) is 17.8 Å². The molecule has 188 valence electrons. The molecule has 1 amide bonds.